The Hall–Kier alpha value is -0.780. The third-order valence-corrected chi connectivity index (χ3v) is 2.87. The second kappa shape index (κ2) is 5.85. The van der Waals surface area contributed by atoms with Crippen LogP contribution < -0.4 is 5.32 Å². The predicted octanol–water partition coefficient (Wildman–Crippen LogP) is 2.87. The van der Waals surface area contributed by atoms with Crippen LogP contribution in [0.3, 0.4) is 0 Å². The highest BCUT2D eigenvalue weighted by Crippen LogP contribution is 2.17. The molecule has 0 aliphatic carbocycles. The molecule has 0 aliphatic heterocycles. The minimum atomic E-state index is 0.785. The lowest BCUT2D eigenvalue weighted by Gasteiger charge is -2.05. The third-order valence-electron chi connectivity index (χ3n) is 2.01. The van der Waals surface area contributed by atoms with Crippen molar-refractivity contribution in [3.63, 3.8) is 0 Å². The first-order valence-corrected chi connectivity index (χ1v) is 5.42. The van der Waals surface area contributed by atoms with Gasteiger partial charge in [-0.1, -0.05) is 28.1 Å². The Balaban J connectivity index is 2.44. The highest BCUT2D eigenvalue weighted by atomic mass is 79.9. The molecule has 0 radical (unpaired) electrons. The predicted molar refractivity (Wildman–Crippen MR) is 64.0 cm³/mol. The maximum atomic E-state index is 5.15. The summed E-state index contributed by atoms with van der Waals surface area (Å²) in [5, 5.41) is 3.29. The first-order chi connectivity index (χ1) is 6.74. The van der Waals surface area contributed by atoms with Gasteiger partial charge in [-0.25, -0.2) is 0 Å². The Kier molecular flexibility index (Phi) is 4.72. The van der Waals surface area contributed by atoms with Gasteiger partial charge in [0.05, 0.1) is 0 Å². The maximum absolute atomic E-state index is 5.15. The molecule has 14 heavy (non-hydrogen) atoms. The van der Waals surface area contributed by atoms with Gasteiger partial charge in [-0.3, -0.25) is 0 Å². The normalized spacial score (nSPS) is 9.79. The zero-order valence-corrected chi connectivity index (χ0v) is 9.89. The molecule has 0 amide bonds. The fourth-order valence-corrected chi connectivity index (χ4v) is 1.57. The van der Waals surface area contributed by atoms with Crippen LogP contribution in [0.5, 0.6) is 0 Å². The summed E-state index contributed by atoms with van der Waals surface area (Å²) in [6.45, 7) is 3.84. The number of hydrogen-bond donors (Lipinski definition) is 1. The van der Waals surface area contributed by atoms with Gasteiger partial charge in [0.25, 0.3) is 0 Å². The Morgan fingerprint density at radius 3 is 2.93 bits per heavy atom. The Bertz CT molecular complexity index is 339. The smallest absolute Gasteiger partial charge is 0.0212 e. The minimum absolute atomic E-state index is 0.785. The molecule has 74 valence electrons. The van der Waals surface area contributed by atoms with E-state index in [2.05, 4.69) is 52.3 Å². The lowest BCUT2D eigenvalue weighted by Crippen LogP contribution is -2.14. The van der Waals surface area contributed by atoms with Gasteiger partial charge in [0.1, 0.15) is 0 Å². The standard InChI is InChI=1S/C12H14BrN/c1-3-4-7-14-9-11-6-5-10(2)12(13)8-11/h1,5-6,8,14H,4,7,9H2,2H3. The van der Waals surface area contributed by atoms with Crippen LogP contribution in [0, 0.1) is 19.3 Å². The average molecular weight is 252 g/mol. The molecule has 0 aliphatic rings. The van der Waals surface area contributed by atoms with Crippen molar-refractivity contribution < 1.29 is 0 Å². The number of benzene rings is 1. The summed E-state index contributed by atoms with van der Waals surface area (Å²) in [5.41, 5.74) is 2.54. The van der Waals surface area contributed by atoms with Gasteiger partial charge in [0, 0.05) is 24.0 Å². The molecule has 0 fully saturated rings. The van der Waals surface area contributed by atoms with Gasteiger partial charge in [-0.15, -0.1) is 12.3 Å². The summed E-state index contributed by atoms with van der Waals surface area (Å²) in [4.78, 5) is 0. The van der Waals surface area contributed by atoms with Crippen LogP contribution in [-0.2, 0) is 6.54 Å². The quantitative estimate of drug-likeness (QED) is 0.641. The highest BCUT2D eigenvalue weighted by Gasteiger charge is 1.96. The van der Waals surface area contributed by atoms with Crippen molar-refractivity contribution in [2.75, 3.05) is 6.54 Å². The van der Waals surface area contributed by atoms with Crippen LogP contribution in [0.2, 0.25) is 0 Å². The molecule has 1 N–H and O–H groups in total. The Labute approximate surface area is 94.0 Å². The van der Waals surface area contributed by atoms with Crippen LogP contribution in [0.1, 0.15) is 17.5 Å². The van der Waals surface area contributed by atoms with Crippen LogP contribution in [0.25, 0.3) is 0 Å². The Morgan fingerprint density at radius 1 is 1.50 bits per heavy atom. The van der Waals surface area contributed by atoms with Crippen LogP contribution in [0.15, 0.2) is 22.7 Å². The summed E-state index contributed by atoms with van der Waals surface area (Å²) in [6, 6.07) is 6.38. The van der Waals surface area contributed by atoms with Crippen molar-refractivity contribution in [1.29, 1.82) is 0 Å². The molecule has 0 spiro atoms. The van der Waals surface area contributed by atoms with E-state index < -0.39 is 0 Å². The van der Waals surface area contributed by atoms with Crippen molar-refractivity contribution >= 4 is 15.9 Å². The molecular formula is C12H14BrN. The van der Waals surface area contributed by atoms with Crippen molar-refractivity contribution in [2.24, 2.45) is 0 Å². The van der Waals surface area contributed by atoms with Gasteiger partial charge in [-0.2, -0.15) is 0 Å². The van der Waals surface area contributed by atoms with E-state index in [9.17, 15) is 0 Å². The molecule has 1 rings (SSSR count). The molecule has 0 bridgehead atoms. The summed E-state index contributed by atoms with van der Waals surface area (Å²) >= 11 is 3.51. The lowest BCUT2D eigenvalue weighted by atomic mass is 10.1. The first kappa shape index (κ1) is 11.3. The van der Waals surface area contributed by atoms with Crippen molar-refractivity contribution in [2.45, 2.75) is 19.9 Å². The first-order valence-electron chi connectivity index (χ1n) is 4.63. The van der Waals surface area contributed by atoms with E-state index in [0.29, 0.717) is 0 Å². The van der Waals surface area contributed by atoms with Crippen LogP contribution >= 0.6 is 15.9 Å². The SMILES string of the molecule is C#CCCNCc1ccc(C)c(Br)c1. The highest BCUT2D eigenvalue weighted by molar-refractivity contribution is 9.10. The number of rotatable bonds is 4. The van der Waals surface area contributed by atoms with Gasteiger partial charge < -0.3 is 5.32 Å². The second-order valence-corrected chi connectivity index (χ2v) is 4.07. The molecule has 0 unspecified atom stereocenters. The fourth-order valence-electron chi connectivity index (χ4n) is 1.14. The molecule has 2 heteroatoms. The molecule has 1 aromatic rings. The van der Waals surface area contributed by atoms with Gasteiger partial charge in [0.2, 0.25) is 0 Å². The fraction of sp³-hybridized carbons (Fsp3) is 0.333. The van der Waals surface area contributed by atoms with Crippen molar-refractivity contribution in [3.05, 3.63) is 33.8 Å². The molecular weight excluding hydrogens is 238 g/mol. The number of hydrogen-bond acceptors (Lipinski definition) is 1. The number of halogens is 1. The van der Waals surface area contributed by atoms with Crippen LogP contribution in [-0.4, -0.2) is 6.54 Å². The number of terminal acetylenes is 1. The monoisotopic (exact) mass is 251 g/mol. The van der Waals surface area contributed by atoms with Gasteiger partial charge in [-0.05, 0) is 24.1 Å². The summed E-state index contributed by atoms with van der Waals surface area (Å²) in [5.74, 6) is 2.60. The summed E-state index contributed by atoms with van der Waals surface area (Å²) in [6.07, 6.45) is 5.94. The molecule has 0 saturated heterocycles. The van der Waals surface area contributed by atoms with E-state index in [-0.39, 0.29) is 0 Å². The summed E-state index contributed by atoms with van der Waals surface area (Å²) in [7, 11) is 0. The van der Waals surface area contributed by atoms with Crippen molar-refractivity contribution in [3.8, 4) is 12.3 Å². The molecule has 0 heterocycles. The molecule has 0 aromatic heterocycles. The largest absolute Gasteiger partial charge is 0.312 e. The van der Waals surface area contributed by atoms with E-state index >= 15 is 0 Å². The molecule has 1 nitrogen and oxygen atoms in total. The lowest BCUT2D eigenvalue weighted by molar-refractivity contribution is 0.701. The molecule has 0 atom stereocenters. The Morgan fingerprint density at radius 2 is 2.29 bits per heavy atom. The van der Waals surface area contributed by atoms with Crippen molar-refractivity contribution in [1.82, 2.24) is 5.32 Å². The molecule has 0 saturated carbocycles. The van der Waals surface area contributed by atoms with E-state index in [4.69, 9.17) is 6.42 Å². The van der Waals surface area contributed by atoms with Gasteiger partial charge in [0.15, 0.2) is 0 Å². The third kappa shape index (κ3) is 3.53. The van der Waals surface area contributed by atoms with Crippen LogP contribution in [0.4, 0.5) is 0 Å². The zero-order valence-electron chi connectivity index (χ0n) is 8.31. The van der Waals surface area contributed by atoms with Gasteiger partial charge >= 0.3 is 0 Å². The van der Waals surface area contributed by atoms with E-state index in [0.717, 1.165) is 24.0 Å². The number of aryl methyl sites for hydroxylation is 1. The molecule has 1 aromatic carbocycles. The number of nitrogens with one attached hydrogen (secondary N) is 1. The van der Waals surface area contributed by atoms with E-state index in [1.54, 1.807) is 0 Å². The second-order valence-electron chi connectivity index (χ2n) is 3.21. The zero-order chi connectivity index (χ0) is 10.4. The topological polar surface area (TPSA) is 12.0 Å². The summed E-state index contributed by atoms with van der Waals surface area (Å²) < 4.78 is 1.16. The maximum Gasteiger partial charge on any atom is 0.0212 e. The average Bonchev–Trinajstić information content (AvgIpc) is 2.18. The minimum Gasteiger partial charge on any atom is -0.312 e. The van der Waals surface area contributed by atoms with E-state index in [1.807, 2.05) is 0 Å². The van der Waals surface area contributed by atoms with E-state index in [1.165, 1.54) is 11.1 Å².